The van der Waals surface area contributed by atoms with Crippen LogP contribution in [0.5, 0.6) is 0 Å². The molecule has 3 rings (SSSR count). The van der Waals surface area contributed by atoms with Gasteiger partial charge in [-0.2, -0.15) is 0 Å². The van der Waals surface area contributed by atoms with Crippen LogP contribution < -0.4 is 5.32 Å². The number of nitrogens with zero attached hydrogens (tertiary/aromatic N) is 1. The molecule has 0 saturated carbocycles. The highest BCUT2D eigenvalue weighted by atomic mass is 35.5. The summed E-state index contributed by atoms with van der Waals surface area (Å²) in [6.45, 7) is 5.68. The number of benzene rings is 2. The average molecular weight is 475 g/mol. The SMILES string of the molecule is CCCC(C(=O)O)[S+]([O-])c1ccc(C(C)NC(=O)c2cc3c(Cl)cc(C)cc3n2C)cc1. The zero-order chi connectivity index (χ0) is 23.6. The van der Waals surface area contributed by atoms with Gasteiger partial charge in [0.15, 0.2) is 4.90 Å². The van der Waals surface area contributed by atoms with Gasteiger partial charge in [0.2, 0.25) is 5.25 Å². The lowest BCUT2D eigenvalue weighted by Gasteiger charge is -2.19. The fraction of sp³-hybridized carbons (Fsp3) is 0.333. The van der Waals surface area contributed by atoms with Crippen LogP contribution in [-0.2, 0) is 23.0 Å². The Balaban J connectivity index is 1.76. The molecule has 3 atom stereocenters. The van der Waals surface area contributed by atoms with Crippen LogP contribution in [0.15, 0.2) is 47.4 Å². The highest BCUT2D eigenvalue weighted by molar-refractivity contribution is 7.92. The zero-order valence-corrected chi connectivity index (χ0v) is 20.1. The van der Waals surface area contributed by atoms with Crippen LogP contribution in [0.3, 0.4) is 0 Å². The number of nitrogens with one attached hydrogen (secondary N) is 1. The summed E-state index contributed by atoms with van der Waals surface area (Å²) in [7, 11) is 1.83. The lowest BCUT2D eigenvalue weighted by molar-refractivity contribution is -0.136. The summed E-state index contributed by atoms with van der Waals surface area (Å²) in [5, 5.41) is 12.8. The van der Waals surface area contributed by atoms with E-state index < -0.39 is 22.4 Å². The number of carbonyl (C=O) groups is 2. The van der Waals surface area contributed by atoms with Crippen molar-refractivity contribution in [1.82, 2.24) is 9.88 Å². The van der Waals surface area contributed by atoms with Crippen LogP contribution in [0.1, 0.15) is 54.3 Å². The van der Waals surface area contributed by atoms with Crippen molar-refractivity contribution >= 4 is 45.6 Å². The van der Waals surface area contributed by atoms with Crippen LogP contribution in [0.2, 0.25) is 5.02 Å². The van der Waals surface area contributed by atoms with Gasteiger partial charge in [-0.1, -0.05) is 37.1 Å². The molecule has 1 amide bonds. The molecule has 3 aromatic rings. The van der Waals surface area contributed by atoms with Crippen LogP contribution in [0.4, 0.5) is 0 Å². The fourth-order valence-electron chi connectivity index (χ4n) is 3.73. The van der Waals surface area contributed by atoms with Gasteiger partial charge >= 0.3 is 5.97 Å². The first kappa shape index (κ1) is 24.2. The number of aliphatic carboxylic acids is 1. The quantitative estimate of drug-likeness (QED) is 0.449. The number of halogens is 1. The Morgan fingerprint density at radius 3 is 2.47 bits per heavy atom. The number of carbonyl (C=O) groups excluding carboxylic acids is 1. The van der Waals surface area contributed by atoms with E-state index in [1.807, 2.05) is 44.5 Å². The molecule has 1 aromatic heterocycles. The number of amides is 1. The Morgan fingerprint density at radius 2 is 1.88 bits per heavy atom. The number of fused-ring (bicyclic) bond motifs is 1. The van der Waals surface area contributed by atoms with Crippen LogP contribution >= 0.6 is 11.6 Å². The van der Waals surface area contributed by atoms with Gasteiger partial charge in [0.25, 0.3) is 5.91 Å². The fourth-order valence-corrected chi connectivity index (χ4v) is 5.42. The summed E-state index contributed by atoms with van der Waals surface area (Å²) in [5.74, 6) is -1.29. The molecular formula is C24H27ClN2O4S. The number of aromatic nitrogens is 1. The van der Waals surface area contributed by atoms with Gasteiger partial charge in [-0.25, -0.2) is 4.79 Å². The normalized spacial score (nSPS) is 14.2. The monoisotopic (exact) mass is 474 g/mol. The maximum atomic E-state index is 12.9. The summed E-state index contributed by atoms with van der Waals surface area (Å²) in [5.41, 5.74) is 3.24. The number of rotatable bonds is 8. The minimum Gasteiger partial charge on any atom is -0.611 e. The Bertz CT molecular complexity index is 1140. The minimum atomic E-state index is -1.63. The van der Waals surface area contributed by atoms with Crippen LogP contribution in [0, 0.1) is 6.92 Å². The van der Waals surface area contributed by atoms with E-state index in [0.717, 1.165) is 22.0 Å². The molecule has 0 aliphatic heterocycles. The van der Waals surface area contributed by atoms with E-state index in [0.29, 0.717) is 28.5 Å². The molecule has 8 heteroatoms. The largest absolute Gasteiger partial charge is 0.611 e. The predicted octanol–water partition coefficient (Wildman–Crippen LogP) is 4.99. The van der Waals surface area contributed by atoms with Crippen LogP contribution in [0.25, 0.3) is 10.9 Å². The number of aryl methyl sites for hydroxylation is 2. The Hall–Kier alpha value is -2.48. The van der Waals surface area contributed by atoms with Gasteiger partial charge in [0.05, 0.1) is 16.6 Å². The minimum absolute atomic E-state index is 0.230. The third-order valence-electron chi connectivity index (χ3n) is 5.53. The number of carboxylic acids is 1. The van der Waals surface area contributed by atoms with Crippen molar-refractivity contribution in [2.45, 2.75) is 49.8 Å². The van der Waals surface area contributed by atoms with Gasteiger partial charge in [-0.15, -0.1) is 0 Å². The van der Waals surface area contributed by atoms with Crippen molar-refractivity contribution in [3.8, 4) is 0 Å². The Kier molecular flexibility index (Phi) is 7.54. The van der Waals surface area contributed by atoms with Crippen molar-refractivity contribution in [3.05, 3.63) is 64.3 Å². The van der Waals surface area contributed by atoms with E-state index in [9.17, 15) is 19.2 Å². The topological polar surface area (TPSA) is 94.4 Å². The second kappa shape index (κ2) is 9.98. The molecule has 170 valence electrons. The summed E-state index contributed by atoms with van der Waals surface area (Å²) in [6, 6.07) is 12.2. The van der Waals surface area contributed by atoms with Gasteiger partial charge in [0, 0.05) is 18.9 Å². The van der Waals surface area contributed by atoms with Gasteiger partial charge < -0.3 is 19.5 Å². The van der Waals surface area contributed by atoms with Gasteiger partial charge in [0.1, 0.15) is 5.69 Å². The lowest BCUT2D eigenvalue weighted by atomic mass is 10.1. The molecule has 0 aliphatic rings. The van der Waals surface area contributed by atoms with Crippen molar-refractivity contribution in [1.29, 1.82) is 0 Å². The maximum Gasteiger partial charge on any atom is 0.357 e. The smallest absolute Gasteiger partial charge is 0.357 e. The summed E-state index contributed by atoms with van der Waals surface area (Å²) in [4.78, 5) is 24.8. The first-order chi connectivity index (χ1) is 15.1. The van der Waals surface area contributed by atoms with E-state index in [1.165, 1.54) is 0 Å². The van der Waals surface area contributed by atoms with Gasteiger partial charge in [-0.05, 0) is 66.5 Å². The standard InChI is InChI=1S/C24H27ClN2O4S/c1-5-6-22(24(29)30)32(31)17-9-7-16(8-10-17)15(3)26-23(28)21-13-18-19(25)11-14(2)12-20(18)27(21)4/h7-13,15,22H,5-6H2,1-4H3,(H,26,28)(H,29,30). The van der Waals surface area contributed by atoms with E-state index in [-0.39, 0.29) is 11.9 Å². The second-order valence-corrected chi connectivity index (χ2v) is 9.99. The molecule has 0 aliphatic carbocycles. The predicted molar refractivity (Wildman–Crippen MR) is 128 cm³/mol. The molecule has 0 radical (unpaired) electrons. The van der Waals surface area contributed by atoms with Crippen molar-refractivity contribution in [2.24, 2.45) is 7.05 Å². The first-order valence-corrected chi connectivity index (χ1v) is 12.0. The van der Waals surface area contributed by atoms with E-state index in [1.54, 1.807) is 30.3 Å². The van der Waals surface area contributed by atoms with Crippen molar-refractivity contribution in [3.63, 3.8) is 0 Å². The second-order valence-electron chi connectivity index (χ2n) is 7.95. The summed E-state index contributed by atoms with van der Waals surface area (Å²) < 4.78 is 14.5. The highest BCUT2D eigenvalue weighted by Crippen LogP contribution is 2.28. The molecule has 3 unspecified atom stereocenters. The Labute approximate surface area is 195 Å². The molecule has 2 N–H and O–H groups in total. The third kappa shape index (κ3) is 4.95. The molecule has 6 nitrogen and oxygen atoms in total. The molecular weight excluding hydrogens is 448 g/mol. The first-order valence-electron chi connectivity index (χ1n) is 10.4. The van der Waals surface area contributed by atoms with Crippen LogP contribution in [-0.4, -0.2) is 31.4 Å². The van der Waals surface area contributed by atoms with Gasteiger partial charge in [-0.3, -0.25) is 4.79 Å². The molecule has 2 aromatic carbocycles. The highest BCUT2D eigenvalue weighted by Gasteiger charge is 2.31. The third-order valence-corrected chi connectivity index (χ3v) is 7.54. The molecule has 0 spiro atoms. The van der Waals surface area contributed by atoms with E-state index >= 15 is 0 Å². The lowest BCUT2D eigenvalue weighted by Crippen LogP contribution is -2.30. The van der Waals surface area contributed by atoms with E-state index in [4.69, 9.17) is 11.6 Å². The Morgan fingerprint density at radius 1 is 1.22 bits per heavy atom. The zero-order valence-electron chi connectivity index (χ0n) is 18.5. The summed E-state index contributed by atoms with van der Waals surface area (Å²) >= 11 is 4.72. The molecule has 0 saturated heterocycles. The average Bonchev–Trinajstić information content (AvgIpc) is 3.08. The molecule has 32 heavy (non-hydrogen) atoms. The van der Waals surface area contributed by atoms with E-state index in [2.05, 4.69) is 5.32 Å². The maximum absolute atomic E-state index is 12.9. The number of hydrogen-bond acceptors (Lipinski definition) is 3. The molecule has 1 heterocycles. The van der Waals surface area contributed by atoms with Crippen molar-refractivity contribution in [2.75, 3.05) is 0 Å². The molecule has 0 fully saturated rings. The number of carboxylic acid groups (broad SMARTS) is 1. The number of hydrogen-bond donors (Lipinski definition) is 2. The summed E-state index contributed by atoms with van der Waals surface area (Å²) in [6.07, 6.45) is 0.994. The van der Waals surface area contributed by atoms with Crippen molar-refractivity contribution < 1.29 is 19.2 Å². The molecule has 0 bridgehead atoms.